The molecule has 0 bridgehead atoms. The number of nitrogens with zero attached hydrogens (tertiary/aromatic N) is 1. The molecule has 0 aromatic carbocycles. The minimum absolute atomic E-state index is 0.0548. The van der Waals surface area contributed by atoms with Crippen LogP contribution in [-0.2, 0) is 9.59 Å². The van der Waals surface area contributed by atoms with E-state index in [1.165, 1.54) is 0 Å². The number of hydrogen-bond acceptors (Lipinski definition) is 4. The molecule has 3 N–H and O–H groups in total. The van der Waals surface area contributed by atoms with Crippen LogP contribution in [0.2, 0.25) is 0 Å². The van der Waals surface area contributed by atoms with E-state index >= 15 is 0 Å². The van der Waals surface area contributed by atoms with Crippen LogP contribution in [0.3, 0.4) is 0 Å². The number of rotatable bonds is 4. The van der Waals surface area contributed by atoms with Crippen LogP contribution in [0.15, 0.2) is 0 Å². The van der Waals surface area contributed by atoms with Gasteiger partial charge in [0.25, 0.3) is 5.91 Å². The van der Waals surface area contributed by atoms with Crippen LogP contribution in [0.25, 0.3) is 0 Å². The molecule has 0 aromatic heterocycles. The van der Waals surface area contributed by atoms with Gasteiger partial charge in [-0.2, -0.15) is 0 Å². The Bertz CT molecular complexity index is 419. The smallest absolute Gasteiger partial charge is 0.325 e. The van der Waals surface area contributed by atoms with Crippen LogP contribution in [0.5, 0.6) is 0 Å². The number of aliphatic hydroxyl groups is 1. The van der Waals surface area contributed by atoms with E-state index in [2.05, 4.69) is 10.6 Å². The Morgan fingerprint density at radius 2 is 2.16 bits per heavy atom. The molecule has 1 unspecified atom stereocenters. The molecule has 0 aromatic rings. The third-order valence-electron chi connectivity index (χ3n) is 3.83. The maximum absolute atomic E-state index is 12.0. The summed E-state index contributed by atoms with van der Waals surface area (Å²) >= 11 is 0. The van der Waals surface area contributed by atoms with Crippen molar-refractivity contribution < 1.29 is 19.5 Å². The summed E-state index contributed by atoms with van der Waals surface area (Å²) in [6.07, 6.45) is 1.17. The first-order chi connectivity index (χ1) is 8.85. The quantitative estimate of drug-likeness (QED) is 0.590. The van der Waals surface area contributed by atoms with Crippen molar-refractivity contribution in [3.8, 4) is 0 Å². The molecule has 0 spiro atoms. The highest BCUT2D eigenvalue weighted by atomic mass is 16.3. The number of amides is 4. The van der Waals surface area contributed by atoms with Gasteiger partial charge in [0.2, 0.25) is 5.91 Å². The molecule has 2 aliphatic rings. The third kappa shape index (κ3) is 2.56. The van der Waals surface area contributed by atoms with Crippen molar-refractivity contribution >= 4 is 17.8 Å². The fourth-order valence-electron chi connectivity index (χ4n) is 2.25. The Labute approximate surface area is 111 Å². The Morgan fingerprint density at radius 3 is 2.63 bits per heavy atom. The molecule has 1 heterocycles. The van der Waals surface area contributed by atoms with Crippen molar-refractivity contribution in [2.24, 2.45) is 0 Å². The standard InChI is InChI=1S/C12H19N3O4/c1-3-12(2)10(18)15(11(19)14-12)6-9(17)13-7-4-8(16)5-7/h7-8,16H,3-6H2,1-2H3,(H,13,17)(H,14,19). The van der Waals surface area contributed by atoms with Gasteiger partial charge in [-0.1, -0.05) is 6.92 Å². The predicted octanol–water partition coefficient (Wildman–Crippen LogP) is -0.654. The van der Waals surface area contributed by atoms with Crippen molar-refractivity contribution in [2.75, 3.05) is 6.54 Å². The SMILES string of the molecule is CCC1(C)NC(=O)N(CC(=O)NC2CC(O)C2)C1=O. The number of hydrogen-bond donors (Lipinski definition) is 3. The zero-order chi connectivity index (χ0) is 14.2. The van der Waals surface area contributed by atoms with Gasteiger partial charge >= 0.3 is 6.03 Å². The first-order valence-electron chi connectivity index (χ1n) is 6.47. The lowest BCUT2D eigenvalue weighted by molar-refractivity contribution is -0.135. The first-order valence-corrected chi connectivity index (χ1v) is 6.47. The second-order valence-electron chi connectivity index (χ2n) is 5.40. The van der Waals surface area contributed by atoms with Crippen molar-refractivity contribution in [1.29, 1.82) is 0 Å². The fourth-order valence-corrected chi connectivity index (χ4v) is 2.25. The molecule has 2 fully saturated rings. The molecular weight excluding hydrogens is 250 g/mol. The Morgan fingerprint density at radius 1 is 1.53 bits per heavy atom. The van der Waals surface area contributed by atoms with Crippen molar-refractivity contribution in [1.82, 2.24) is 15.5 Å². The van der Waals surface area contributed by atoms with Crippen LogP contribution in [0, 0.1) is 0 Å². The second-order valence-corrected chi connectivity index (χ2v) is 5.40. The van der Waals surface area contributed by atoms with Gasteiger partial charge in [0.15, 0.2) is 0 Å². The largest absolute Gasteiger partial charge is 0.393 e. The van der Waals surface area contributed by atoms with E-state index in [-0.39, 0.29) is 30.5 Å². The van der Waals surface area contributed by atoms with Gasteiger partial charge in [-0.3, -0.25) is 14.5 Å². The summed E-state index contributed by atoms with van der Waals surface area (Å²) in [5, 5.41) is 14.4. The highest BCUT2D eigenvalue weighted by Gasteiger charge is 2.47. The lowest BCUT2D eigenvalue weighted by Crippen LogP contribution is -2.50. The number of nitrogens with one attached hydrogen (secondary N) is 2. The summed E-state index contributed by atoms with van der Waals surface area (Å²) in [7, 11) is 0. The summed E-state index contributed by atoms with van der Waals surface area (Å²) in [6, 6.07) is -0.584. The molecule has 4 amide bonds. The van der Waals surface area contributed by atoms with Crippen LogP contribution >= 0.6 is 0 Å². The fraction of sp³-hybridized carbons (Fsp3) is 0.750. The van der Waals surface area contributed by atoms with E-state index in [1.54, 1.807) is 13.8 Å². The van der Waals surface area contributed by atoms with Crippen molar-refractivity contribution in [2.45, 2.75) is 50.8 Å². The molecular formula is C12H19N3O4. The Hall–Kier alpha value is -1.63. The molecule has 106 valence electrons. The average molecular weight is 269 g/mol. The van der Waals surface area contributed by atoms with Gasteiger partial charge in [-0.15, -0.1) is 0 Å². The summed E-state index contributed by atoms with van der Waals surface area (Å²) in [5.41, 5.74) is -0.913. The van der Waals surface area contributed by atoms with Crippen LogP contribution in [-0.4, -0.2) is 52.1 Å². The minimum atomic E-state index is -0.913. The molecule has 19 heavy (non-hydrogen) atoms. The van der Waals surface area contributed by atoms with E-state index < -0.39 is 11.6 Å². The topological polar surface area (TPSA) is 98.7 Å². The van der Waals surface area contributed by atoms with Gasteiger partial charge in [0.1, 0.15) is 12.1 Å². The summed E-state index contributed by atoms with van der Waals surface area (Å²) < 4.78 is 0. The van der Waals surface area contributed by atoms with Gasteiger partial charge in [0, 0.05) is 6.04 Å². The van der Waals surface area contributed by atoms with E-state index in [0.29, 0.717) is 19.3 Å². The van der Waals surface area contributed by atoms with Crippen LogP contribution in [0.1, 0.15) is 33.1 Å². The monoisotopic (exact) mass is 269 g/mol. The van der Waals surface area contributed by atoms with E-state index in [0.717, 1.165) is 4.90 Å². The average Bonchev–Trinajstić information content (AvgIpc) is 2.52. The molecule has 1 saturated carbocycles. The van der Waals surface area contributed by atoms with Crippen molar-refractivity contribution in [3.63, 3.8) is 0 Å². The molecule has 7 nitrogen and oxygen atoms in total. The number of urea groups is 1. The lowest BCUT2D eigenvalue weighted by atomic mass is 9.89. The van der Waals surface area contributed by atoms with Gasteiger partial charge < -0.3 is 15.7 Å². The normalized spacial score (nSPS) is 33.9. The number of imide groups is 1. The summed E-state index contributed by atoms with van der Waals surface area (Å²) in [6.45, 7) is 3.18. The van der Waals surface area contributed by atoms with Gasteiger partial charge in [0.05, 0.1) is 6.10 Å². The zero-order valence-corrected chi connectivity index (χ0v) is 11.1. The zero-order valence-electron chi connectivity index (χ0n) is 11.1. The highest BCUT2D eigenvalue weighted by Crippen LogP contribution is 2.21. The van der Waals surface area contributed by atoms with E-state index in [9.17, 15) is 14.4 Å². The molecule has 0 radical (unpaired) electrons. The molecule has 7 heteroatoms. The number of carbonyl (C=O) groups is 3. The van der Waals surface area contributed by atoms with Crippen LogP contribution < -0.4 is 10.6 Å². The molecule has 1 saturated heterocycles. The summed E-state index contributed by atoms with van der Waals surface area (Å²) in [4.78, 5) is 36.4. The number of carbonyl (C=O) groups excluding carboxylic acids is 3. The van der Waals surface area contributed by atoms with Crippen LogP contribution in [0.4, 0.5) is 4.79 Å². The molecule has 1 atom stereocenters. The summed E-state index contributed by atoms with van der Waals surface area (Å²) in [5.74, 6) is -0.746. The van der Waals surface area contributed by atoms with E-state index in [1.807, 2.05) is 0 Å². The van der Waals surface area contributed by atoms with E-state index in [4.69, 9.17) is 5.11 Å². The highest BCUT2D eigenvalue weighted by molar-refractivity contribution is 6.08. The maximum Gasteiger partial charge on any atom is 0.325 e. The lowest BCUT2D eigenvalue weighted by Gasteiger charge is -2.32. The Balaban J connectivity index is 1.90. The number of aliphatic hydroxyl groups excluding tert-OH is 1. The third-order valence-corrected chi connectivity index (χ3v) is 3.83. The van der Waals surface area contributed by atoms with Gasteiger partial charge in [-0.05, 0) is 26.2 Å². The maximum atomic E-state index is 12.0. The second kappa shape index (κ2) is 4.80. The predicted molar refractivity (Wildman–Crippen MR) is 66.1 cm³/mol. The van der Waals surface area contributed by atoms with Gasteiger partial charge in [-0.25, -0.2) is 4.79 Å². The minimum Gasteiger partial charge on any atom is -0.393 e. The molecule has 1 aliphatic heterocycles. The first kappa shape index (κ1) is 13.8. The van der Waals surface area contributed by atoms with Crippen molar-refractivity contribution in [3.05, 3.63) is 0 Å². The molecule has 1 aliphatic carbocycles. The Kier molecular flexibility index (Phi) is 3.49. The molecule has 2 rings (SSSR count).